The molecule has 2 rings (SSSR count). The number of carbonyl (C=O) groups excluding carboxylic acids is 2. The van der Waals surface area contributed by atoms with E-state index in [0.29, 0.717) is 13.1 Å². The number of methoxy groups -OCH3 is 1. The van der Waals surface area contributed by atoms with Gasteiger partial charge in [-0.05, 0) is 24.3 Å². The third-order valence-corrected chi connectivity index (χ3v) is 6.41. The lowest BCUT2D eigenvalue weighted by molar-refractivity contribution is -0.116. The molecule has 0 aliphatic carbocycles. The summed E-state index contributed by atoms with van der Waals surface area (Å²) in [5, 5.41) is 12.0. The van der Waals surface area contributed by atoms with E-state index in [0.717, 1.165) is 6.20 Å². The molecule has 1 N–H and O–H groups in total. The number of nitrogens with one attached hydrogen (secondary N) is 1. The summed E-state index contributed by atoms with van der Waals surface area (Å²) in [5.41, 5.74) is 0.415. The van der Waals surface area contributed by atoms with E-state index in [9.17, 15) is 23.3 Å². The van der Waals surface area contributed by atoms with Crippen LogP contribution in [0.3, 0.4) is 0 Å². The number of nitrogens with zero attached hydrogens (tertiary/aromatic N) is 3. The average Bonchev–Trinajstić information content (AvgIpc) is 2.75. The van der Waals surface area contributed by atoms with E-state index < -0.39 is 27.8 Å². The second kappa shape index (κ2) is 9.96. The fourth-order valence-electron chi connectivity index (χ4n) is 2.77. The van der Waals surface area contributed by atoms with Crippen molar-refractivity contribution in [2.45, 2.75) is 24.7 Å². The Labute approximate surface area is 175 Å². The van der Waals surface area contributed by atoms with Gasteiger partial charge in [-0.1, -0.05) is 26.0 Å². The zero-order chi connectivity index (χ0) is 22.3. The monoisotopic (exact) mass is 430 g/mol. The number of carbonyl (C=O) groups is 2. The molecule has 0 saturated heterocycles. The first kappa shape index (κ1) is 23.0. The molecule has 0 spiro atoms. The van der Waals surface area contributed by atoms with Crippen LogP contribution in [0.1, 0.15) is 35.8 Å². The Kier molecular flexibility index (Phi) is 7.63. The van der Waals surface area contributed by atoms with Gasteiger partial charge in [-0.2, -0.15) is 9.57 Å². The van der Waals surface area contributed by atoms with Gasteiger partial charge < -0.3 is 10.1 Å². The molecule has 2 aromatic rings. The minimum absolute atomic E-state index is 0.0249. The van der Waals surface area contributed by atoms with Crippen LogP contribution in [0.4, 0.5) is 5.69 Å². The molecule has 1 atom stereocenters. The minimum Gasteiger partial charge on any atom is -0.465 e. The highest BCUT2D eigenvalue weighted by molar-refractivity contribution is 7.89. The van der Waals surface area contributed by atoms with E-state index in [-0.39, 0.29) is 21.8 Å². The first-order valence-corrected chi connectivity index (χ1v) is 10.6. The zero-order valence-corrected chi connectivity index (χ0v) is 17.6. The van der Waals surface area contributed by atoms with Gasteiger partial charge in [-0.3, -0.25) is 9.78 Å². The van der Waals surface area contributed by atoms with Crippen LogP contribution in [-0.2, 0) is 19.6 Å². The van der Waals surface area contributed by atoms with Crippen molar-refractivity contribution in [1.29, 1.82) is 5.26 Å². The SMILES string of the molecule is CCN(CC)S(=O)(=O)c1ccc([C@H](C#N)C(=O)Nc2ccccc2C(=O)OC)nc1. The normalized spacial score (nSPS) is 12.1. The number of pyridine rings is 1. The average molecular weight is 430 g/mol. The third-order valence-electron chi connectivity index (χ3n) is 4.38. The molecule has 9 nitrogen and oxygen atoms in total. The van der Waals surface area contributed by atoms with Gasteiger partial charge in [-0.15, -0.1) is 0 Å². The summed E-state index contributed by atoms with van der Waals surface area (Å²) >= 11 is 0. The fraction of sp³-hybridized carbons (Fsp3) is 0.300. The van der Waals surface area contributed by atoms with Crippen molar-refractivity contribution in [1.82, 2.24) is 9.29 Å². The standard InChI is InChI=1S/C20H22N4O5S/c1-4-24(5-2)30(27,28)14-10-11-17(22-13-14)16(12-21)19(25)23-18-9-7-6-8-15(18)20(26)29-3/h6-11,13,16H,4-5H2,1-3H3,(H,23,25)/t16-/m0/s1. The van der Waals surface area contributed by atoms with E-state index >= 15 is 0 Å². The number of amides is 1. The first-order valence-electron chi connectivity index (χ1n) is 9.14. The van der Waals surface area contributed by atoms with Gasteiger partial charge in [0.2, 0.25) is 15.9 Å². The lowest BCUT2D eigenvalue weighted by Crippen LogP contribution is -2.30. The largest absolute Gasteiger partial charge is 0.465 e. The molecule has 0 radical (unpaired) electrons. The molecule has 1 aromatic heterocycles. The summed E-state index contributed by atoms with van der Waals surface area (Å²) in [6.07, 6.45) is 1.13. The Hall–Kier alpha value is -3.29. The fourth-order valence-corrected chi connectivity index (χ4v) is 4.18. The van der Waals surface area contributed by atoms with Gasteiger partial charge in [0.15, 0.2) is 5.92 Å². The number of benzene rings is 1. The highest BCUT2D eigenvalue weighted by Crippen LogP contribution is 2.22. The summed E-state index contributed by atoms with van der Waals surface area (Å²) in [4.78, 5) is 28.5. The van der Waals surface area contributed by atoms with Gasteiger partial charge in [0.05, 0.1) is 30.1 Å². The lowest BCUT2D eigenvalue weighted by atomic mass is 10.0. The number of para-hydroxylation sites is 1. The maximum atomic E-state index is 12.6. The topological polar surface area (TPSA) is 129 Å². The van der Waals surface area contributed by atoms with Crippen molar-refractivity contribution < 1.29 is 22.7 Å². The van der Waals surface area contributed by atoms with Crippen molar-refractivity contribution in [3.63, 3.8) is 0 Å². The van der Waals surface area contributed by atoms with Crippen LogP contribution in [0.25, 0.3) is 0 Å². The van der Waals surface area contributed by atoms with E-state index in [1.165, 1.54) is 35.7 Å². The van der Waals surface area contributed by atoms with E-state index in [2.05, 4.69) is 15.0 Å². The number of nitriles is 1. The quantitative estimate of drug-likeness (QED) is 0.635. The van der Waals surface area contributed by atoms with Gasteiger partial charge in [0.25, 0.3) is 0 Å². The Balaban J connectivity index is 2.28. The predicted molar refractivity (Wildman–Crippen MR) is 109 cm³/mol. The van der Waals surface area contributed by atoms with Gasteiger partial charge in [0, 0.05) is 19.3 Å². The summed E-state index contributed by atoms with van der Waals surface area (Å²) in [7, 11) is -2.48. The Morgan fingerprint density at radius 3 is 2.40 bits per heavy atom. The molecule has 0 fully saturated rings. The molecule has 0 unspecified atom stereocenters. The minimum atomic E-state index is -3.70. The highest BCUT2D eigenvalue weighted by Gasteiger charge is 2.26. The second-order valence-electron chi connectivity index (χ2n) is 6.10. The van der Waals surface area contributed by atoms with E-state index in [1.54, 1.807) is 26.0 Å². The molecular weight excluding hydrogens is 408 g/mol. The summed E-state index contributed by atoms with van der Waals surface area (Å²) in [6.45, 7) is 4.07. The molecule has 0 saturated carbocycles. The second-order valence-corrected chi connectivity index (χ2v) is 8.03. The summed E-state index contributed by atoms with van der Waals surface area (Å²) in [5.74, 6) is -2.65. The van der Waals surface area contributed by atoms with Crippen LogP contribution in [0.15, 0.2) is 47.5 Å². The Bertz CT molecular complexity index is 1060. The number of ether oxygens (including phenoxy) is 1. The lowest BCUT2D eigenvalue weighted by Gasteiger charge is -2.18. The maximum Gasteiger partial charge on any atom is 0.339 e. The molecule has 0 aliphatic heterocycles. The van der Waals surface area contributed by atoms with Crippen LogP contribution < -0.4 is 5.32 Å². The molecule has 0 bridgehead atoms. The summed E-state index contributed by atoms with van der Waals surface area (Å²) < 4.78 is 31.1. The molecule has 158 valence electrons. The van der Waals surface area contributed by atoms with Crippen LogP contribution in [0.5, 0.6) is 0 Å². The Morgan fingerprint density at radius 1 is 1.20 bits per heavy atom. The van der Waals surface area contributed by atoms with E-state index in [4.69, 9.17) is 0 Å². The number of rotatable bonds is 8. The molecule has 30 heavy (non-hydrogen) atoms. The number of hydrogen-bond acceptors (Lipinski definition) is 7. The molecule has 10 heteroatoms. The van der Waals surface area contributed by atoms with Crippen LogP contribution in [-0.4, -0.2) is 49.8 Å². The first-order chi connectivity index (χ1) is 14.3. The van der Waals surface area contributed by atoms with Gasteiger partial charge in [-0.25, -0.2) is 13.2 Å². The molecule has 0 aliphatic rings. The van der Waals surface area contributed by atoms with Crippen molar-refractivity contribution in [2.24, 2.45) is 0 Å². The number of anilines is 1. The van der Waals surface area contributed by atoms with Crippen molar-refractivity contribution in [2.75, 3.05) is 25.5 Å². The molecular formula is C20H22N4O5S. The summed E-state index contributed by atoms with van der Waals surface area (Å²) in [6, 6.07) is 10.7. The molecule has 1 aromatic carbocycles. The molecule has 1 heterocycles. The smallest absolute Gasteiger partial charge is 0.339 e. The molecule has 1 amide bonds. The van der Waals surface area contributed by atoms with E-state index in [1.807, 2.05) is 6.07 Å². The Morgan fingerprint density at radius 2 is 1.87 bits per heavy atom. The highest BCUT2D eigenvalue weighted by atomic mass is 32.2. The van der Waals surface area contributed by atoms with Crippen molar-refractivity contribution in [3.8, 4) is 6.07 Å². The van der Waals surface area contributed by atoms with Crippen LogP contribution in [0.2, 0.25) is 0 Å². The van der Waals surface area contributed by atoms with Crippen molar-refractivity contribution >= 4 is 27.6 Å². The number of hydrogen-bond donors (Lipinski definition) is 1. The zero-order valence-electron chi connectivity index (χ0n) is 16.8. The van der Waals surface area contributed by atoms with Gasteiger partial charge >= 0.3 is 5.97 Å². The maximum absolute atomic E-state index is 12.6. The van der Waals surface area contributed by atoms with Crippen LogP contribution >= 0.6 is 0 Å². The van der Waals surface area contributed by atoms with Crippen LogP contribution in [0, 0.1) is 11.3 Å². The number of aromatic nitrogens is 1. The number of sulfonamides is 1. The van der Waals surface area contributed by atoms with Crippen molar-refractivity contribution in [3.05, 3.63) is 53.9 Å². The predicted octanol–water partition coefficient (Wildman–Crippen LogP) is 2.14. The number of esters is 1. The third kappa shape index (κ3) is 4.82. The van der Waals surface area contributed by atoms with Gasteiger partial charge in [0.1, 0.15) is 4.90 Å².